The molecule has 3 aromatic carbocycles. The predicted molar refractivity (Wildman–Crippen MR) is 120 cm³/mol. The molecule has 4 aromatic rings. The molecule has 5 rings (SSSR count). The minimum absolute atomic E-state index is 0.268. The van der Waals surface area contributed by atoms with Crippen molar-refractivity contribution in [3.05, 3.63) is 119 Å². The molecule has 0 saturated carbocycles. The van der Waals surface area contributed by atoms with Gasteiger partial charge in [-0.25, -0.2) is 9.18 Å². The molecule has 2 amide bonds. The van der Waals surface area contributed by atoms with Crippen LogP contribution in [0.15, 0.2) is 91.1 Å². The third-order valence-electron chi connectivity index (χ3n) is 5.51. The van der Waals surface area contributed by atoms with Gasteiger partial charge in [0.1, 0.15) is 5.82 Å². The number of hydrogen-bond donors (Lipinski definition) is 1. The van der Waals surface area contributed by atoms with Crippen LogP contribution in [0.4, 0.5) is 14.9 Å². The van der Waals surface area contributed by atoms with Crippen LogP contribution in [0.3, 0.4) is 0 Å². The van der Waals surface area contributed by atoms with Crippen LogP contribution in [0.1, 0.15) is 22.9 Å². The lowest BCUT2D eigenvalue weighted by molar-refractivity contribution is 0.194. The Hall–Kier alpha value is -3.57. The number of carbonyl (C=O) groups excluding carboxylic acids is 1. The molecule has 31 heavy (non-hydrogen) atoms. The predicted octanol–water partition coefficient (Wildman–Crippen LogP) is 6.41. The normalized spacial score (nSPS) is 15.0. The molecule has 154 valence electrons. The van der Waals surface area contributed by atoms with Crippen LogP contribution in [0.25, 0.3) is 5.69 Å². The summed E-state index contributed by atoms with van der Waals surface area (Å²) < 4.78 is 15.4. The highest BCUT2D eigenvalue weighted by Crippen LogP contribution is 2.37. The zero-order valence-corrected chi connectivity index (χ0v) is 17.3. The fourth-order valence-electron chi connectivity index (χ4n) is 4.06. The number of anilines is 1. The Balaban J connectivity index is 1.62. The number of fused-ring (bicyclic) bond motifs is 3. The number of urea groups is 1. The fourth-order valence-corrected chi connectivity index (χ4v) is 4.19. The van der Waals surface area contributed by atoms with Crippen molar-refractivity contribution in [3.63, 3.8) is 0 Å². The maximum atomic E-state index is 13.5. The molecule has 0 bridgehead atoms. The van der Waals surface area contributed by atoms with Gasteiger partial charge in [-0.3, -0.25) is 0 Å². The first-order valence-corrected chi connectivity index (χ1v) is 10.3. The molecule has 0 spiro atoms. The van der Waals surface area contributed by atoms with Crippen molar-refractivity contribution in [3.8, 4) is 5.69 Å². The third-order valence-corrected chi connectivity index (χ3v) is 5.76. The van der Waals surface area contributed by atoms with E-state index in [-0.39, 0.29) is 17.9 Å². The first-order valence-electron chi connectivity index (χ1n) is 9.94. The smallest absolute Gasteiger partial charge is 0.318 e. The van der Waals surface area contributed by atoms with E-state index in [2.05, 4.69) is 16.0 Å². The quantitative estimate of drug-likeness (QED) is 0.391. The fraction of sp³-hybridized carbons (Fsp3) is 0.0800. The van der Waals surface area contributed by atoms with Crippen LogP contribution in [0.5, 0.6) is 0 Å². The average Bonchev–Trinajstić information content (AvgIpc) is 3.20. The molecular weight excluding hydrogens is 413 g/mol. The largest absolute Gasteiger partial charge is 0.322 e. The van der Waals surface area contributed by atoms with E-state index in [1.165, 1.54) is 12.1 Å². The lowest BCUT2D eigenvalue weighted by Gasteiger charge is -2.31. The van der Waals surface area contributed by atoms with Crippen molar-refractivity contribution in [2.75, 3.05) is 5.32 Å². The minimum atomic E-state index is -0.349. The molecule has 0 aliphatic carbocycles. The summed E-state index contributed by atoms with van der Waals surface area (Å²) in [7, 11) is 0. The van der Waals surface area contributed by atoms with Crippen molar-refractivity contribution in [1.29, 1.82) is 0 Å². The second-order valence-corrected chi connectivity index (χ2v) is 7.89. The highest BCUT2D eigenvalue weighted by Gasteiger charge is 2.32. The van der Waals surface area contributed by atoms with Gasteiger partial charge in [-0.05, 0) is 65.7 Å². The van der Waals surface area contributed by atoms with Crippen molar-refractivity contribution >= 4 is 23.3 Å². The van der Waals surface area contributed by atoms with E-state index in [1.54, 1.807) is 17.0 Å². The average molecular weight is 432 g/mol. The van der Waals surface area contributed by atoms with E-state index in [0.717, 1.165) is 22.5 Å². The molecule has 1 N–H and O–H groups in total. The van der Waals surface area contributed by atoms with Gasteiger partial charge in [0.25, 0.3) is 0 Å². The molecule has 4 nitrogen and oxygen atoms in total. The van der Waals surface area contributed by atoms with E-state index in [0.29, 0.717) is 17.3 Å². The Morgan fingerprint density at radius 2 is 1.68 bits per heavy atom. The van der Waals surface area contributed by atoms with Crippen LogP contribution >= 0.6 is 11.6 Å². The summed E-state index contributed by atoms with van der Waals surface area (Å²) in [6.07, 6.45) is 2.01. The minimum Gasteiger partial charge on any atom is -0.318 e. The van der Waals surface area contributed by atoms with Crippen LogP contribution in [-0.4, -0.2) is 15.5 Å². The standard InChI is InChI=1S/C25H19ClFN3O/c26-19-9-7-17(8-10-19)24-23-6-3-15-29(23)22-5-2-1-4-18(22)16-30(24)25(31)28-21-13-11-20(27)12-14-21/h1-15,24H,16H2,(H,28,31)/t24-/m0/s1. The number of carbonyl (C=O) groups is 1. The van der Waals surface area contributed by atoms with E-state index >= 15 is 0 Å². The van der Waals surface area contributed by atoms with Gasteiger partial charge in [-0.15, -0.1) is 0 Å². The highest BCUT2D eigenvalue weighted by atomic mass is 35.5. The number of halogens is 2. The lowest BCUT2D eigenvalue weighted by atomic mass is 10.0. The molecule has 0 fully saturated rings. The third kappa shape index (κ3) is 3.68. The van der Waals surface area contributed by atoms with Gasteiger partial charge in [0.05, 0.1) is 18.3 Å². The lowest BCUT2D eigenvalue weighted by Crippen LogP contribution is -2.37. The Bertz CT molecular complexity index is 1230. The summed E-state index contributed by atoms with van der Waals surface area (Å²) in [5.74, 6) is -0.349. The molecular formula is C25H19ClFN3O. The zero-order valence-electron chi connectivity index (χ0n) is 16.5. The van der Waals surface area contributed by atoms with E-state index < -0.39 is 0 Å². The van der Waals surface area contributed by atoms with Gasteiger partial charge in [0.2, 0.25) is 0 Å². The summed E-state index contributed by atoms with van der Waals surface area (Å²) in [6.45, 7) is 0.415. The number of rotatable bonds is 2. The molecule has 0 unspecified atom stereocenters. The monoisotopic (exact) mass is 431 g/mol. The second kappa shape index (κ2) is 7.93. The Labute approximate surface area is 184 Å². The first-order chi connectivity index (χ1) is 15.1. The maximum absolute atomic E-state index is 13.5. The van der Waals surface area contributed by atoms with Gasteiger partial charge < -0.3 is 14.8 Å². The molecule has 6 heteroatoms. The van der Waals surface area contributed by atoms with Gasteiger partial charge in [-0.1, -0.05) is 41.9 Å². The van der Waals surface area contributed by atoms with Gasteiger partial charge in [-0.2, -0.15) is 0 Å². The maximum Gasteiger partial charge on any atom is 0.322 e. The Morgan fingerprint density at radius 3 is 2.45 bits per heavy atom. The van der Waals surface area contributed by atoms with Crippen LogP contribution in [0.2, 0.25) is 5.02 Å². The number of benzene rings is 3. The van der Waals surface area contributed by atoms with Gasteiger partial charge in [0, 0.05) is 22.6 Å². The molecule has 1 aliphatic rings. The second-order valence-electron chi connectivity index (χ2n) is 7.45. The van der Waals surface area contributed by atoms with Crippen molar-refractivity contribution < 1.29 is 9.18 Å². The van der Waals surface area contributed by atoms with Crippen LogP contribution in [0, 0.1) is 5.82 Å². The van der Waals surface area contributed by atoms with Crippen molar-refractivity contribution in [1.82, 2.24) is 9.47 Å². The number of hydrogen-bond acceptors (Lipinski definition) is 1. The summed E-state index contributed by atoms with van der Waals surface area (Å²) in [6, 6.07) is 24.8. The molecule has 0 radical (unpaired) electrons. The molecule has 2 heterocycles. The van der Waals surface area contributed by atoms with Crippen LogP contribution in [-0.2, 0) is 6.54 Å². The molecule has 1 aliphatic heterocycles. The Kier molecular flexibility index (Phi) is 4.96. The van der Waals surface area contributed by atoms with Gasteiger partial charge in [0.15, 0.2) is 0 Å². The number of nitrogens with one attached hydrogen (secondary N) is 1. The topological polar surface area (TPSA) is 37.3 Å². The number of para-hydroxylation sites is 1. The van der Waals surface area contributed by atoms with Crippen LogP contribution < -0.4 is 5.32 Å². The van der Waals surface area contributed by atoms with E-state index in [9.17, 15) is 9.18 Å². The zero-order chi connectivity index (χ0) is 21.4. The summed E-state index contributed by atoms with van der Waals surface area (Å²) >= 11 is 6.13. The molecule has 1 aromatic heterocycles. The first kappa shape index (κ1) is 19.4. The number of nitrogens with zero attached hydrogens (tertiary/aromatic N) is 2. The summed E-state index contributed by atoms with van der Waals surface area (Å²) in [5, 5.41) is 3.55. The summed E-state index contributed by atoms with van der Waals surface area (Å²) in [4.78, 5) is 15.3. The van der Waals surface area contributed by atoms with E-state index in [1.807, 2.05) is 60.8 Å². The van der Waals surface area contributed by atoms with Gasteiger partial charge >= 0.3 is 6.03 Å². The molecule has 0 saturated heterocycles. The SMILES string of the molecule is O=C(Nc1ccc(F)cc1)N1Cc2ccccc2-n2cccc2[C@@H]1c1ccc(Cl)cc1. The van der Waals surface area contributed by atoms with E-state index in [4.69, 9.17) is 11.6 Å². The number of aromatic nitrogens is 1. The van der Waals surface area contributed by atoms with Crippen molar-refractivity contribution in [2.45, 2.75) is 12.6 Å². The van der Waals surface area contributed by atoms with Crippen molar-refractivity contribution in [2.24, 2.45) is 0 Å². The Morgan fingerprint density at radius 1 is 0.935 bits per heavy atom. The number of amides is 2. The summed E-state index contributed by atoms with van der Waals surface area (Å²) in [5.41, 5.74) is 4.53. The highest BCUT2D eigenvalue weighted by molar-refractivity contribution is 6.30. The molecule has 1 atom stereocenters.